The van der Waals surface area contributed by atoms with E-state index in [1.54, 1.807) is 0 Å². The summed E-state index contributed by atoms with van der Waals surface area (Å²) in [7, 11) is -1.31. The van der Waals surface area contributed by atoms with Crippen LogP contribution in [-0.2, 0) is 8.85 Å². The Morgan fingerprint density at radius 1 is 0.722 bits per heavy atom. The molecule has 0 fully saturated rings. The molecule has 2 nitrogen and oxygen atoms in total. The first-order valence-corrected chi connectivity index (χ1v) is 9.09. The van der Waals surface area contributed by atoms with Crippen molar-refractivity contribution in [1.29, 1.82) is 0 Å². The molecule has 0 aliphatic rings. The predicted molar refractivity (Wildman–Crippen MR) is 84.5 cm³/mol. The van der Waals surface area contributed by atoms with Crippen LogP contribution in [0.15, 0.2) is 24.3 Å². The van der Waals surface area contributed by atoms with Gasteiger partial charge in [-0.2, -0.15) is 0 Å². The Labute approximate surface area is 116 Å². The number of rotatable bonds is 4. The van der Waals surface area contributed by atoms with Crippen molar-refractivity contribution in [1.82, 2.24) is 0 Å². The van der Waals surface area contributed by atoms with Gasteiger partial charge < -0.3 is 8.85 Å². The molecule has 0 saturated carbocycles. The second kappa shape index (κ2) is 6.15. The maximum Gasteiger partial charge on any atom is 0.192 e. The second-order valence-corrected chi connectivity index (χ2v) is 9.25. The van der Waals surface area contributed by atoms with Crippen molar-refractivity contribution >= 4 is 29.9 Å². The Balaban J connectivity index is 2.68. The molecule has 4 heteroatoms. The molecule has 1 aromatic rings. The summed E-state index contributed by atoms with van der Waals surface area (Å²) in [5.41, 5.74) is -0.0719. The van der Waals surface area contributed by atoms with Crippen LogP contribution in [0.2, 0.25) is 0 Å². The van der Waals surface area contributed by atoms with Gasteiger partial charge in [-0.05, 0) is 51.9 Å². The molecule has 0 bridgehead atoms. The normalized spacial score (nSPS) is 14.1. The average molecular weight is 283 g/mol. The molecule has 0 unspecified atom stereocenters. The maximum atomic E-state index is 5.99. The van der Waals surface area contributed by atoms with Crippen molar-refractivity contribution in [2.75, 3.05) is 0 Å². The van der Waals surface area contributed by atoms with E-state index in [0.29, 0.717) is 0 Å². The molecule has 0 amide bonds. The van der Waals surface area contributed by atoms with Gasteiger partial charge in [-0.25, -0.2) is 0 Å². The molecule has 0 atom stereocenters. The molecule has 0 aliphatic heterocycles. The van der Waals surface area contributed by atoms with Crippen molar-refractivity contribution in [2.24, 2.45) is 0 Å². The predicted octanol–water partition coefficient (Wildman–Crippen LogP) is 0.735. The first-order chi connectivity index (χ1) is 8.17. The summed E-state index contributed by atoms with van der Waals surface area (Å²) in [5, 5.41) is 2.81. The highest BCUT2D eigenvalue weighted by molar-refractivity contribution is 6.61. The highest BCUT2D eigenvalue weighted by Gasteiger charge is 2.14. The van der Waals surface area contributed by atoms with Gasteiger partial charge in [0.25, 0.3) is 0 Å². The van der Waals surface area contributed by atoms with Crippen LogP contribution in [-0.4, -0.2) is 30.7 Å². The van der Waals surface area contributed by atoms with Crippen molar-refractivity contribution in [3.05, 3.63) is 24.3 Å². The number of benzene rings is 1. The first kappa shape index (κ1) is 15.6. The van der Waals surface area contributed by atoms with Crippen LogP contribution in [0.5, 0.6) is 0 Å². The standard InChI is InChI=1S/C14H26O2Si2/c1-13(2,3)15-17-11-9-7-8-10-12(11)18-16-14(4,5)6/h7-10H,17-18H2,1-6H3. The fourth-order valence-electron chi connectivity index (χ4n) is 1.43. The Bertz CT molecular complexity index is 341. The van der Waals surface area contributed by atoms with Gasteiger partial charge in [-0.15, -0.1) is 0 Å². The first-order valence-electron chi connectivity index (χ1n) is 6.52. The Morgan fingerprint density at radius 3 is 1.33 bits per heavy atom. The molecule has 0 saturated heterocycles. The quantitative estimate of drug-likeness (QED) is 0.758. The third kappa shape index (κ3) is 6.49. The van der Waals surface area contributed by atoms with E-state index in [2.05, 4.69) is 65.8 Å². The molecule has 1 rings (SSSR count). The molecule has 0 heterocycles. The molecule has 18 heavy (non-hydrogen) atoms. The molecule has 0 radical (unpaired) electrons. The summed E-state index contributed by atoms with van der Waals surface area (Å²) in [5.74, 6) is 0. The van der Waals surface area contributed by atoms with Crippen LogP contribution < -0.4 is 10.4 Å². The minimum atomic E-state index is -0.654. The summed E-state index contributed by atoms with van der Waals surface area (Å²) in [6.07, 6.45) is 0. The highest BCUT2D eigenvalue weighted by atomic mass is 28.2. The highest BCUT2D eigenvalue weighted by Crippen LogP contribution is 2.05. The monoisotopic (exact) mass is 282 g/mol. The lowest BCUT2D eigenvalue weighted by Crippen LogP contribution is -2.42. The Morgan fingerprint density at radius 2 is 1.06 bits per heavy atom. The second-order valence-electron chi connectivity index (χ2n) is 6.57. The Hall–Kier alpha value is -0.426. The van der Waals surface area contributed by atoms with E-state index in [-0.39, 0.29) is 11.2 Å². The van der Waals surface area contributed by atoms with Crippen LogP contribution in [0.1, 0.15) is 41.5 Å². The van der Waals surface area contributed by atoms with Crippen LogP contribution in [0.3, 0.4) is 0 Å². The van der Waals surface area contributed by atoms with Gasteiger partial charge in [-0.3, -0.25) is 0 Å². The van der Waals surface area contributed by atoms with Crippen molar-refractivity contribution < 1.29 is 8.85 Å². The molecule has 102 valence electrons. The largest absolute Gasteiger partial charge is 0.414 e. The smallest absolute Gasteiger partial charge is 0.192 e. The third-order valence-electron chi connectivity index (χ3n) is 2.44. The van der Waals surface area contributed by atoms with Crippen LogP contribution >= 0.6 is 0 Å². The van der Waals surface area contributed by atoms with Gasteiger partial charge in [0.2, 0.25) is 0 Å². The van der Waals surface area contributed by atoms with Crippen molar-refractivity contribution in [3.8, 4) is 0 Å². The van der Waals surface area contributed by atoms with E-state index in [1.165, 1.54) is 10.4 Å². The van der Waals surface area contributed by atoms with Gasteiger partial charge >= 0.3 is 0 Å². The van der Waals surface area contributed by atoms with Gasteiger partial charge in [0.05, 0.1) is 0 Å². The van der Waals surface area contributed by atoms with Crippen LogP contribution in [0.4, 0.5) is 0 Å². The lowest BCUT2D eigenvalue weighted by Gasteiger charge is -2.23. The van der Waals surface area contributed by atoms with E-state index in [1.807, 2.05) is 0 Å². The minimum Gasteiger partial charge on any atom is -0.414 e. The molecule has 0 aliphatic carbocycles. The molecule has 1 aromatic carbocycles. The lowest BCUT2D eigenvalue weighted by atomic mass is 10.2. The van der Waals surface area contributed by atoms with Crippen LogP contribution in [0, 0.1) is 0 Å². The number of hydrogen-bond donors (Lipinski definition) is 0. The number of hydrogen-bond acceptors (Lipinski definition) is 2. The van der Waals surface area contributed by atoms with Gasteiger partial charge in [0.15, 0.2) is 19.5 Å². The minimum absolute atomic E-state index is 0.0359. The summed E-state index contributed by atoms with van der Waals surface area (Å²) in [6.45, 7) is 12.7. The van der Waals surface area contributed by atoms with Gasteiger partial charge in [0, 0.05) is 11.2 Å². The van der Waals surface area contributed by atoms with E-state index in [0.717, 1.165) is 0 Å². The Kier molecular flexibility index (Phi) is 5.34. The van der Waals surface area contributed by atoms with E-state index in [4.69, 9.17) is 8.85 Å². The molecular weight excluding hydrogens is 256 g/mol. The fraction of sp³-hybridized carbons (Fsp3) is 0.571. The zero-order chi connectivity index (χ0) is 13.8. The zero-order valence-electron chi connectivity index (χ0n) is 12.5. The summed E-state index contributed by atoms with van der Waals surface area (Å²) >= 11 is 0. The SMILES string of the molecule is CC(C)(C)O[SiH2]c1ccccc1[SiH2]OC(C)(C)C. The lowest BCUT2D eigenvalue weighted by molar-refractivity contribution is 0.140. The zero-order valence-corrected chi connectivity index (χ0v) is 15.4. The summed E-state index contributed by atoms with van der Waals surface area (Å²) in [6, 6.07) is 8.60. The summed E-state index contributed by atoms with van der Waals surface area (Å²) in [4.78, 5) is 0. The van der Waals surface area contributed by atoms with Crippen molar-refractivity contribution in [3.63, 3.8) is 0 Å². The average Bonchev–Trinajstić information content (AvgIpc) is 2.22. The van der Waals surface area contributed by atoms with E-state index in [9.17, 15) is 0 Å². The van der Waals surface area contributed by atoms with Gasteiger partial charge in [0.1, 0.15) is 0 Å². The van der Waals surface area contributed by atoms with E-state index < -0.39 is 19.5 Å². The molecule has 0 N–H and O–H groups in total. The topological polar surface area (TPSA) is 18.5 Å². The molecule has 0 aromatic heterocycles. The van der Waals surface area contributed by atoms with Crippen LogP contribution in [0.25, 0.3) is 0 Å². The van der Waals surface area contributed by atoms with Crippen molar-refractivity contribution in [2.45, 2.75) is 52.7 Å². The molecule has 0 spiro atoms. The molecular formula is C14H26O2Si2. The van der Waals surface area contributed by atoms with E-state index >= 15 is 0 Å². The summed E-state index contributed by atoms with van der Waals surface area (Å²) < 4.78 is 12.0. The maximum absolute atomic E-state index is 5.99. The van der Waals surface area contributed by atoms with Gasteiger partial charge in [-0.1, -0.05) is 24.3 Å². The third-order valence-corrected chi connectivity index (χ3v) is 6.96. The fourth-order valence-corrected chi connectivity index (χ4v) is 4.29.